The number of piperidine rings is 1. The molecular weight excluding hydrogens is 475 g/mol. The van der Waals surface area contributed by atoms with Crippen LogP contribution in [0.1, 0.15) is 40.2 Å². The summed E-state index contributed by atoms with van der Waals surface area (Å²) in [5.41, 5.74) is 4.44. The number of H-pyrrole nitrogens is 1. The lowest BCUT2D eigenvalue weighted by Crippen LogP contribution is -2.26. The molecule has 0 amide bonds. The topological polar surface area (TPSA) is 100 Å². The van der Waals surface area contributed by atoms with Gasteiger partial charge in [-0.15, -0.1) is 24.8 Å². The number of carboxylic acids is 1. The Labute approximate surface area is 209 Å². The Morgan fingerprint density at radius 1 is 1.06 bits per heavy atom. The van der Waals surface area contributed by atoms with Crippen LogP contribution in [-0.4, -0.2) is 39.1 Å². The second-order valence-electron chi connectivity index (χ2n) is 8.04. The van der Waals surface area contributed by atoms with Gasteiger partial charge in [0.05, 0.1) is 5.52 Å². The Kier molecular flexibility index (Phi) is 8.50. The van der Waals surface area contributed by atoms with E-state index in [-0.39, 0.29) is 30.4 Å². The number of aromatic nitrogens is 3. The largest absolute Gasteiger partial charge is 0.488 e. The minimum absolute atomic E-state index is 0. The molecule has 1 aliphatic rings. The molecule has 1 saturated heterocycles. The van der Waals surface area contributed by atoms with Crippen LogP contribution in [0.2, 0.25) is 0 Å². The predicted octanol–water partition coefficient (Wildman–Crippen LogP) is 5.21. The summed E-state index contributed by atoms with van der Waals surface area (Å²) in [6, 6.07) is 16.9. The number of aromatic carboxylic acids is 1. The maximum absolute atomic E-state index is 11.9. The van der Waals surface area contributed by atoms with Crippen molar-refractivity contribution in [2.24, 2.45) is 0 Å². The van der Waals surface area contributed by atoms with Gasteiger partial charge in [-0.3, -0.25) is 0 Å². The van der Waals surface area contributed by atoms with Crippen LogP contribution in [0, 0.1) is 0 Å². The Morgan fingerprint density at radius 3 is 2.56 bits per heavy atom. The molecule has 7 nitrogen and oxygen atoms in total. The highest BCUT2D eigenvalue weighted by Gasteiger charge is 2.18. The van der Waals surface area contributed by atoms with Gasteiger partial charge in [-0.2, -0.15) is 0 Å². The molecule has 0 bridgehead atoms. The summed E-state index contributed by atoms with van der Waals surface area (Å²) < 4.78 is 5.79. The van der Waals surface area contributed by atoms with Gasteiger partial charge in [-0.05, 0) is 67.2 Å². The van der Waals surface area contributed by atoms with E-state index in [9.17, 15) is 9.90 Å². The first kappa shape index (κ1) is 25.5. The third kappa shape index (κ3) is 5.50. The highest BCUT2D eigenvalue weighted by molar-refractivity contribution is 5.92. The van der Waals surface area contributed by atoms with Gasteiger partial charge in [-0.1, -0.05) is 30.3 Å². The first-order chi connectivity index (χ1) is 15.7. The number of halogens is 2. The molecule has 2 aromatic heterocycles. The number of hydrogen-bond acceptors (Lipinski definition) is 5. The Morgan fingerprint density at radius 2 is 1.82 bits per heavy atom. The SMILES string of the molecule is Cl.Cl.O=C(O)c1cc(-c2nc3ncc(C4CCNCC4)cc3[nH]2)ccc1OCc1ccccc1. The predicted molar refractivity (Wildman–Crippen MR) is 136 cm³/mol. The third-order valence-corrected chi connectivity index (χ3v) is 5.89. The summed E-state index contributed by atoms with van der Waals surface area (Å²) in [5.74, 6) is 0.372. The number of benzene rings is 2. The molecule has 3 N–H and O–H groups in total. The van der Waals surface area contributed by atoms with Gasteiger partial charge in [0.1, 0.15) is 23.7 Å². The molecule has 5 rings (SSSR count). The van der Waals surface area contributed by atoms with Crippen LogP contribution in [0.5, 0.6) is 5.75 Å². The van der Waals surface area contributed by atoms with Crippen LogP contribution in [-0.2, 0) is 6.61 Å². The van der Waals surface area contributed by atoms with E-state index in [2.05, 4.69) is 26.3 Å². The van der Waals surface area contributed by atoms with E-state index in [4.69, 9.17) is 4.74 Å². The molecule has 1 fully saturated rings. The van der Waals surface area contributed by atoms with E-state index in [1.165, 1.54) is 5.56 Å². The first-order valence-electron chi connectivity index (χ1n) is 10.8. The van der Waals surface area contributed by atoms with Gasteiger partial charge >= 0.3 is 5.97 Å². The summed E-state index contributed by atoms with van der Waals surface area (Å²) in [6.07, 6.45) is 4.10. The summed E-state index contributed by atoms with van der Waals surface area (Å²) in [7, 11) is 0. The number of nitrogens with one attached hydrogen (secondary N) is 2. The minimum Gasteiger partial charge on any atom is -0.488 e. The highest BCUT2D eigenvalue weighted by atomic mass is 35.5. The van der Waals surface area contributed by atoms with Crippen molar-refractivity contribution >= 4 is 41.9 Å². The van der Waals surface area contributed by atoms with E-state index in [1.54, 1.807) is 12.1 Å². The number of aromatic amines is 1. The molecule has 178 valence electrons. The second kappa shape index (κ2) is 11.3. The van der Waals surface area contributed by atoms with Crippen LogP contribution in [0.3, 0.4) is 0 Å². The van der Waals surface area contributed by atoms with Gasteiger partial charge in [0.25, 0.3) is 0 Å². The zero-order valence-electron chi connectivity index (χ0n) is 18.4. The van der Waals surface area contributed by atoms with Crippen molar-refractivity contribution < 1.29 is 14.6 Å². The average molecular weight is 501 g/mol. The van der Waals surface area contributed by atoms with Crippen LogP contribution in [0.25, 0.3) is 22.6 Å². The van der Waals surface area contributed by atoms with Crippen LogP contribution in [0.15, 0.2) is 60.8 Å². The number of fused-ring (bicyclic) bond motifs is 1. The Balaban J connectivity index is 0.00000162. The quantitative estimate of drug-likeness (QED) is 0.335. The minimum atomic E-state index is -1.04. The smallest absolute Gasteiger partial charge is 0.339 e. The molecule has 2 aromatic carbocycles. The van der Waals surface area contributed by atoms with Crippen LogP contribution >= 0.6 is 24.8 Å². The number of imidazole rings is 1. The second-order valence-corrected chi connectivity index (χ2v) is 8.04. The van der Waals surface area contributed by atoms with Crippen molar-refractivity contribution in [2.45, 2.75) is 25.4 Å². The van der Waals surface area contributed by atoms with E-state index >= 15 is 0 Å². The molecule has 34 heavy (non-hydrogen) atoms. The molecule has 0 radical (unpaired) electrons. The average Bonchev–Trinajstić information content (AvgIpc) is 3.27. The van der Waals surface area contributed by atoms with E-state index < -0.39 is 5.97 Å². The van der Waals surface area contributed by atoms with Gasteiger partial charge < -0.3 is 20.1 Å². The number of hydrogen-bond donors (Lipinski definition) is 3. The van der Waals surface area contributed by atoms with Crippen molar-refractivity contribution in [3.8, 4) is 17.1 Å². The summed E-state index contributed by atoms with van der Waals surface area (Å²) in [6.45, 7) is 2.34. The fourth-order valence-electron chi connectivity index (χ4n) is 4.14. The standard InChI is InChI=1S/C25H24N4O3.2ClH/c30-25(31)20-12-18(6-7-22(20)32-15-16-4-2-1-3-5-16)23-28-21-13-19(14-27-24(21)29-23)17-8-10-26-11-9-17;;/h1-7,12-14,17,26H,8-11,15H2,(H,30,31)(H,27,28,29);2*1H. The van der Waals surface area contributed by atoms with E-state index in [0.717, 1.165) is 37.0 Å². The summed E-state index contributed by atoms with van der Waals surface area (Å²) in [4.78, 5) is 24.3. The van der Waals surface area contributed by atoms with Crippen LogP contribution in [0.4, 0.5) is 0 Å². The summed E-state index contributed by atoms with van der Waals surface area (Å²) >= 11 is 0. The van der Waals surface area contributed by atoms with Crippen LogP contribution < -0.4 is 10.1 Å². The van der Waals surface area contributed by atoms with Gasteiger partial charge in [-0.25, -0.2) is 14.8 Å². The number of nitrogens with zero attached hydrogens (tertiary/aromatic N) is 2. The van der Waals surface area contributed by atoms with Crippen molar-refractivity contribution in [3.05, 3.63) is 77.5 Å². The van der Waals surface area contributed by atoms with Crippen molar-refractivity contribution in [2.75, 3.05) is 13.1 Å². The number of ether oxygens (including phenoxy) is 1. The molecule has 1 aliphatic heterocycles. The van der Waals surface area contributed by atoms with Gasteiger partial charge in [0.15, 0.2) is 5.65 Å². The number of carbonyl (C=O) groups is 1. The Hall–Kier alpha value is -3.13. The fourth-order valence-corrected chi connectivity index (χ4v) is 4.14. The molecule has 0 atom stereocenters. The lowest BCUT2D eigenvalue weighted by atomic mass is 9.91. The first-order valence-corrected chi connectivity index (χ1v) is 10.8. The molecule has 0 spiro atoms. The zero-order chi connectivity index (χ0) is 21.9. The number of rotatable bonds is 6. The summed E-state index contributed by atoms with van der Waals surface area (Å²) in [5, 5.41) is 13.1. The molecule has 0 unspecified atom stereocenters. The van der Waals surface area contributed by atoms with E-state index in [0.29, 0.717) is 35.3 Å². The van der Waals surface area contributed by atoms with Gasteiger partial charge in [0.2, 0.25) is 0 Å². The number of pyridine rings is 1. The third-order valence-electron chi connectivity index (χ3n) is 5.89. The normalized spacial score (nSPS) is 13.6. The highest BCUT2D eigenvalue weighted by Crippen LogP contribution is 2.29. The number of carboxylic acid groups (broad SMARTS) is 1. The van der Waals surface area contributed by atoms with Crippen molar-refractivity contribution in [1.82, 2.24) is 20.3 Å². The van der Waals surface area contributed by atoms with Gasteiger partial charge in [0, 0.05) is 11.8 Å². The molecule has 0 saturated carbocycles. The fraction of sp³-hybridized carbons (Fsp3) is 0.240. The molecular formula is C25H26Cl2N4O3. The molecule has 4 aromatic rings. The maximum Gasteiger partial charge on any atom is 0.339 e. The maximum atomic E-state index is 11.9. The Bertz CT molecular complexity index is 1260. The lowest BCUT2D eigenvalue weighted by molar-refractivity contribution is 0.0692. The monoisotopic (exact) mass is 500 g/mol. The molecule has 0 aliphatic carbocycles. The van der Waals surface area contributed by atoms with Crippen molar-refractivity contribution in [1.29, 1.82) is 0 Å². The molecule has 9 heteroatoms. The van der Waals surface area contributed by atoms with Crippen molar-refractivity contribution in [3.63, 3.8) is 0 Å². The zero-order valence-corrected chi connectivity index (χ0v) is 20.0. The molecule has 3 heterocycles. The van der Waals surface area contributed by atoms with E-state index in [1.807, 2.05) is 42.6 Å². The lowest BCUT2D eigenvalue weighted by Gasteiger charge is -2.22.